The number of fused-ring (bicyclic) bond motifs is 1. The molecule has 1 nitrogen and oxygen atoms in total. The summed E-state index contributed by atoms with van der Waals surface area (Å²) in [5, 5.41) is 1.31. The molecule has 0 atom stereocenters. The maximum absolute atomic E-state index is 5.64. The number of thiophene rings is 1. The maximum atomic E-state index is 5.64. The van der Waals surface area contributed by atoms with Crippen LogP contribution < -0.4 is 4.74 Å². The van der Waals surface area contributed by atoms with Crippen molar-refractivity contribution in [2.75, 3.05) is 0 Å². The van der Waals surface area contributed by atoms with E-state index < -0.39 is 0 Å². The standard InChI is InChI=1S/C12H14OS/c1-8(2)13-11-5-4-10-6-9(3)14-12(10)7-11/h4-8H,1-3H3. The summed E-state index contributed by atoms with van der Waals surface area (Å²) in [6.45, 7) is 6.22. The van der Waals surface area contributed by atoms with Gasteiger partial charge in [0.25, 0.3) is 0 Å². The topological polar surface area (TPSA) is 9.23 Å². The summed E-state index contributed by atoms with van der Waals surface area (Å²) in [5.74, 6) is 0.967. The third-order valence-electron chi connectivity index (χ3n) is 1.99. The van der Waals surface area contributed by atoms with Gasteiger partial charge < -0.3 is 4.74 Å². The Labute approximate surface area is 88.3 Å². The minimum absolute atomic E-state index is 0.244. The molecule has 0 aliphatic rings. The number of rotatable bonds is 2. The number of ether oxygens (including phenoxy) is 1. The predicted octanol–water partition coefficient (Wildman–Crippen LogP) is 4.00. The second-order valence-corrected chi connectivity index (χ2v) is 5.01. The van der Waals surface area contributed by atoms with E-state index in [-0.39, 0.29) is 6.10 Å². The Morgan fingerprint density at radius 2 is 2.00 bits per heavy atom. The van der Waals surface area contributed by atoms with Crippen molar-refractivity contribution in [3.8, 4) is 5.75 Å². The molecule has 0 fully saturated rings. The van der Waals surface area contributed by atoms with Gasteiger partial charge in [0.1, 0.15) is 5.75 Å². The summed E-state index contributed by atoms with van der Waals surface area (Å²) in [6, 6.07) is 8.48. The molecule has 0 aliphatic carbocycles. The molecule has 0 saturated heterocycles. The largest absolute Gasteiger partial charge is 0.491 e. The fraction of sp³-hybridized carbons (Fsp3) is 0.333. The van der Waals surface area contributed by atoms with E-state index in [9.17, 15) is 0 Å². The third-order valence-corrected chi connectivity index (χ3v) is 3.00. The molecular weight excluding hydrogens is 192 g/mol. The van der Waals surface area contributed by atoms with Crippen molar-refractivity contribution in [1.82, 2.24) is 0 Å². The van der Waals surface area contributed by atoms with E-state index in [4.69, 9.17) is 4.74 Å². The van der Waals surface area contributed by atoms with Gasteiger partial charge in [0.05, 0.1) is 6.10 Å². The highest BCUT2D eigenvalue weighted by atomic mass is 32.1. The van der Waals surface area contributed by atoms with Crippen LogP contribution in [0.25, 0.3) is 10.1 Å². The van der Waals surface area contributed by atoms with Gasteiger partial charge in [0.15, 0.2) is 0 Å². The van der Waals surface area contributed by atoms with Crippen molar-refractivity contribution in [2.45, 2.75) is 26.9 Å². The van der Waals surface area contributed by atoms with Crippen molar-refractivity contribution >= 4 is 21.4 Å². The second kappa shape index (κ2) is 3.62. The van der Waals surface area contributed by atoms with Gasteiger partial charge in [-0.15, -0.1) is 11.3 Å². The van der Waals surface area contributed by atoms with E-state index in [0.717, 1.165) is 5.75 Å². The fourth-order valence-electron chi connectivity index (χ4n) is 1.49. The van der Waals surface area contributed by atoms with E-state index in [1.54, 1.807) is 0 Å². The van der Waals surface area contributed by atoms with E-state index in [1.165, 1.54) is 15.0 Å². The summed E-state index contributed by atoms with van der Waals surface area (Å²) in [7, 11) is 0. The van der Waals surface area contributed by atoms with Crippen molar-refractivity contribution in [3.05, 3.63) is 29.1 Å². The van der Waals surface area contributed by atoms with Crippen molar-refractivity contribution in [3.63, 3.8) is 0 Å². The lowest BCUT2D eigenvalue weighted by Gasteiger charge is -2.08. The van der Waals surface area contributed by atoms with Gasteiger partial charge in [-0.1, -0.05) is 0 Å². The zero-order chi connectivity index (χ0) is 10.1. The van der Waals surface area contributed by atoms with Crippen LogP contribution >= 0.6 is 11.3 Å². The molecule has 1 aromatic carbocycles. The van der Waals surface area contributed by atoms with E-state index >= 15 is 0 Å². The van der Waals surface area contributed by atoms with Crippen LogP contribution in [0.5, 0.6) is 5.75 Å². The Kier molecular flexibility index (Phi) is 2.46. The molecule has 0 saturated carbocycles. The zero-order valence-electron chi connectivity index (χ0n) is 8.70. The molecule has 2 rings (SSSR count). The molecule has 0 spiro atoms. The SMILES string of the molecule is Cc1cc2ccc(OC(C)C)cc2s1. The molecule has 0 N–H and O–H groups in total. The number of benzene rings is 1. The quantitative estimate of drug-likeness (QED) is 0.721. The monoisotopic (exact) mass is 206 g/mol. The van der Waals surface area contributed by atoms with E-state index in [1.807, 2.05) is 31.3 Å². The van der Waals surface area contributed by atoms with Crippen LogP contribution in [0.2, 0.25) is 0 Å². The average molecular weight is 206 g/mol. The molecule has 0 amide bonds. The van der Waals surface area contributed by atoms with Crippen LogP contribution in [0.3, 0.4) is 0 Å². The predicted molar refractivity (Wildman–Crippen MR) is 62.3 cm³/mol. The first-order chi connectivity index (χ1) is 6.65. The fourth-order valence-corrected chi connectivity index (χ4v) is 2.44. The Morgan fingerprint density at radius 3 is 2.71 bits per heavy atom. The number of hydrogen-bond donors (Lipinski definition) is 0. The molecule has 2 aromatic rings. The van der Waals surface area contributed by atoms with Crippen LogP contribution in [0.15, 0.2) is 24.3 Å². The lowest BCUT2D eigenvalue weighted by Crippen LogP contribution is -2.04. The van der Waals surface area contributed by atoms with Crippen molar-refractivity contribution < 1.29 is 4.74 Å². The van der Waals surface area contributed by atoms with E-state index in [0.29, 0.717) is 0 Å². The van der Waals surface area contributed by atoms with E-state index in [2.05, 4.69) is 25.1 Å². The van der Waals surface area contributed by atoms with Crippen LogP contribution in [-0.2, 0) is 0 Å². The first-order valence-electron chi connectivity index (χ1n) is 4.82. The van der Waals surface area contributed by atoms with Gasteiger partial charge in [0.2, 0.25) is 0 Å². The Hall–Kier alpha value is -1.02. The zero-order valence-corrected chi connectivity index (χ0v) is 9.52. The first kappa shape index (κ1) is 9.53. The van der Waals surface area contributed by atoms with Gasteiger partial charge in [-0.05, 0) is 50.4 Å². The van der Waals surface area contributed by atoms with Crippen molar-refractivity contribution in [1.29, 1.82) is 0 Å². The number of aryl methyl sites for hydroxylation is 1. The van der Waals surface area contributed by atoms with Crippen LogP contribution in [0.1, 0.15) is 18.7 Å². The minimum atomic E-state index is 0.244. The van der Waals surface area contributed by atoms with Gasteiger partial charge in [-0.25, -0.2) is 0 Å². The van der Waals surface area contributed by atoms with Crippen LogP contribution in [-0.4, -0.2) is 6.10 Å². The average Bonchev–Trinajstić information content (AvgIpc) is 2.42. The Bertz CT molecular complexity index is 443. The van der Waals surface area contributed by atoms with Gasteiger partial charge in [-0.2, -0.15) is 0 Å². The van der Waals surface area contributed by atoms with Crippen LogP contribution in [0.4, 0.5) is 0 Å². The van der Waals surface area contributed by atoms with Gasteiger partial charge in [0, 0.05) is 9.58 Å². The molecule has 0 radical (unpaired) electrons. The molecule has 1 aromatic heterocycles. The molecular formula is C12H14OS. The Balaban J connectivity index is 2.40. The summed E-state index contributed by atoms with van der Waals surface area (Å²) >= 11 is 1.81. The summed E-state index contributed by atoms with van der Waals surface area (Å²) in [4.78, 5) is 1.35. The molecule has 0 aliphatic heterocycles. The molecule has 0 unspecified atom stereocenters. The third kappa shape index (κ3) is 1.90. The number of hydrogen-bond acceptors (Lipinski definition) is 2. The second-order valence-electron chi connectivity index (χ2n) is 3.72. The molecule has 14 heavy (non-hydrogen) atoms. The minimum Gasteiger partial charge on any atom is -0.491 e. The van der Waals surface area contributed by atoms with Crippen LogP contribution in [0, 0.1) is 6.92 Å². The highest BCUT2D eigenvalue weighted by Crippen LogP contribution is 2.28. The lowest BCUT2D eigenvalue weighted by molar-refractivity contribution is 0.243. The van der Waals surface area contributed by atoms with Gasteiger partial charge >= 0.3 is 0 Å². The first-order valence-corrected chi connectivity index (χ1v) is 5.63. The molecule has 2 heteroatoms. The summed E-state index contributed by atoms with van der Waals surface area (Å²) in [5.41, 5.74) is 0. The highest BCUT2D eigenvalue weighted by molar-refractivity contribution is 7.19. The van der Waals surface area contributed by atoms with Crippen molar-refractivity contribution in [2.24, 2.45) is 0 Å². The maximum Gasteiger partial charge on any atom is 0.121 e. The molecule has 0 bridgehead atoms. The molecule has 74 valence electrons. The normalized spacial score (nSPS) is 11.1. The lowest BCUT2D eigenvalue weighted by atomic mass is 10.2. The summed E-state index contributed by atoms with van der Waals surface area (Å²) in [6.07, 6.45) is 0.244. The van der Waals surface area contributed by atoms with Gasteiger partial charge in [-0.3, -0.25) is 0 Å². The summed E-state index contributed by atoms with van der Waals surface area (Å²) < 4.78 is 6.94. The smallest absolute Gasteiger partial charge is 0.121 e. The highest BCUT2D eigenvalue weighted by Gasteiger charge is 2.01. The Morgan fingerprint density at radius 1 is 1.21 bits per heavy atom. The molecule has 1 heterocycles.